The van der Waals surface area contributed by atoms with E-state index in [2.05, 4.69) is 88.5 Å². The van der Waals surface area contributed by atoms with Crippen molar-refractivity contribution in [1.82, 2.24) is 0 Å². The number of hydrogen-bond donors (Lipinski definition) is 0. The molecular weight excluding hydrogens is 502 g/mol. The summed E-state index contributed by atoms with van der Waals surface area (Å²) in [6.45, 7) is 30.2. The third-order valence-corrected chi connectivity index (χ3v) is 14.1. The maximum Gasteiger partial charge on any atom is 2.00 e. The second-order valence-electron chi connectivity index (χ2n) is 10.3. The van der Waals surface area contributed by atoms with Crippen LogP contribution < -0.4 is 12.4 Å². The van der Waals surface area contributed by atoms with Gasteiger partial charge in [-0.05, 0) is 23.2 Å². The molecule has 0 radical (unpaired) electrons. The van der Waals surface area contributed by atoms with E-state index < -0.39 is 21.5 Å². The molecule has 0 saturated carbocycles. The molecule has 9 heteroatoms. The molecule has 0 N–H and O–H groups in total. The molecule has 27 heavy (non-hydrogen) atoms. The van der Waals surface area contributed by atoms with E-state index in [0.29, 0.717) is 10.1 Å². The summed E-state index contributed by atoms with van der Waals surface area (Å²) in [7, 11) is -2.77. The van der Waals surface area contributed by atoms with Crippen LogP contribution in [0.25, 0.3) is 0 Å². The molecule has 0 aliphatic rings. The first kappa shape index (κ1) is 43.7. The van der Waals surface area contributed by atoms with Gasteiger partial charge in [-0.3, -0.25) is 0 Å². The number of hydrogen-bond acceptors (Lipinski definition) is 0. The van der Waals surface area contributed by atoms with Crippen LogP contribution in [0, 0.1) is 5.92 Å². The van der Waals surface area contributed by atoms with Crippen LogP contribution in [0.15, 0.2) is 0 Å². The van der Waals surface area contributed by atoms with E-state index in [-0.39, 0.29) is 35.5 Å². The van der Waals surface area contributed by atoms with Gasteiger partial charge < -0.3 is 18.3 Å². The molecule has 0 aromatic rings. The van der Waals surface area contributed by atoms with Crippen LogP contribution in [-0.2, 0) is 0 Å². The zero-order valence-electron chi connectivity index (χ0n) is 20.6. The van der Waals surface area contributed by atoms with Gasteiger partial charge in [0.2, 0.25) is 6.69 Å². The van der Waals surface area contributed by atoms with Gasteiger partial charge in [0.1, 0.15) is 0 Å². The Morgan fingerprint density at radius 2 is 0.593 bits per heavy atom. The van der Waals surface area contributed by atoms with E-state index in [9.17, 15) is 0 Å². The number of rotatable bonds is 0. The Balaban J connectivity index is -0.0000000551. The van der Waals surface area contributed by atoms with Gasteiger partial charge in [0.25, 0.3) is 0 Å². The molecule has 0 aliphatic heterocycles. The average molecular weight is 547 g/mol. The van der Waals surface area contributed by atoms with Crippen molar-refractivity contribution in [3.05, 3.63) is 5.92 Å². The largest absolute Gasteiger partial charge is 2.00 e. The quantitative estimate of drug-likeness (QED) is 0.177. The summed E-state index contributed by atoms with van der Waals surface area (Å²) in [6.07, 6.45) is 0. The van der Waals surface area contributed by atoms with Crippen molar-refractivity contribution < 1.29 is 12.4 Å². The van der Waals surface area contributed by atoms with Crippen LogP contribution in [0.3, 0.4) is 0 Å². The zero-order chi connectivity index (χ0) is 22.1. The Kier molecular flexibility index (Phi) is 28.2. The van der Waals surface area contributed by atoms with Crippen molar-refractivity contribution in [3.8, 4) is 0 Å². The normalized spacial score (nSPS) is 12.0. The van der Waals surface area contributed by atoms with E-state index in [4.69, 9.17) is 44.3 Å². The van der Waals surface area contributed by atoms with Gasteiger partial charge in [-0.2, -0.15) is 42.9 Å². The summed E-state index contributed by atoms with van der Waals surface area (Å²) in [4.78, 5) is 0. The molecule has 0 nitrogen and oxygen atoms in total. The van der Waals surface area contributed by atoms with Crippen LogP contribution in [0.4, 0.5) is 0 Å². The smallest absolute Gasteiger partial charge is 1.00 e. The molecule has 0 fully saturated rings. The maximum absolute atomic E-state index is 6.15. The molecule has 0 bridgehead atoms. The third kappa shape index (κ3) is 47.9. The molecule has 0 saturated heterocycles. The first-order valence-corrected chi connectivity index (χ1v) is 21.8. The molecule has 0 spiro atoms. The second-order valence-corrected chi connectivity index (χ2v) is 33.7. The zero-order valence-corrected chi connectivity index (χ0v) is 28.8. The van der Waals surface area contributed by atoms with Crippen molar-refractivity contribution in [3.63, 3.8) is 0 Å². The summed E-state index contributed by atoms with van der Waals surface area (Å²) in [5.41, 5.74) is 0. The van der Waals surface area contributed by atoms with Crippen LogP contribution in [0.2, 0.25) is 49.4 Å². The third-order valence-electron chi connectivity index (χ3n) is 3.57. The van der Waals surface area contributed by atoms with E-state index >= 15 is 0 Å². The fraction of sp³-hybridized carbons (Fsp3) is 0.944. The molecule has 0 heterocycles. The first-order valence-electron chi connectivity index (χ1n) is 8.76. The molecule has 0 aromatic carbocycles. The summed E-state index contributed by atoms with van der Waals surface area (Å²) in [5, 5.41) is 0.684. The van der Waals surface area contributed by atoms with Crippen LogP contribution in [-0.4, -0.2) is 44.5 Å². The van der Waals surface area contributed by atoms with Crippen molar-refractivity contribution in [2.75, 3.05) is 0 Å². The minimum Gasteiger partial charge on any atom is -1.00 e. The Morgan fingerprint density at radius 1 is 0.556 bits per heavy atom. The molecule has 0 rings (SSSR count). The van der Waals surface area contributed by atoms with E-state index in [1.807, 2.05) is 13.1 Å². The Morgan fingerprint density at radius 3 is 0.593 bits per heavy atom. The fourth-order valence-corrected chi connectivity index (χ4v) is 0. The molecule has 0 aromatic heterocycles. The van der Waals surface area contributed by atoms with Crippen molar-refractivity contribution in [2.24, 2.45) is 0 Å². The molecular formula is C18H45Cl5MgSi3. The van der Waals surface area contributed by atoms with Gasteiger partial charge in [0, 0.05) is 0 Å². The average Bonchev–Trinajstić information content (AvgIpc) is 2.06. The van der Waals surface area contributed by atoms with E-state index in [1.165, 1.54) is 5.92 Å². The minimum absolute atomic E-state index is 0. The SMILES string of the molecule is CC(C)(C)[Si](C)(C)Cl.CC(C)(C)[Si](C)(C)Cl.C[C-](C)C.C[Si](C)(Cl)Cl.[Cl-].[Mg+2]. The monoisotopic (exact) mass is 544 g/mol. The van der Waals surface area contributed by atoms with Gasteiger partial charge in [-0.15, -0.1) is 22.2 Å². The topological polar surface area (TPSA) is 0 Å². The summed E-state index contributed by atoms with van der Waals surface area (Å²) in [6, 6.07) is 0. The van der Waals surface area contributed by atoms with E-state index in [0.717, 1.165) is 0 Å². The number of halogens is 5. The van der Waals surface area contributed by atoms with Crippen molar-refractivity contribution in [2.45, 2.75) is 112 Å². The summed E-state index contributed by atoms with van der Waals surface area (Å²) in [5.74, 6) is 1.42. The van der Waals surface area contributed by atoms with Gasteiger partial charge >= 0.3 is 23.1 Å². The van der Waals surface area contributed by atoms with Gasteiger partial charge in [0.05, 0.1) is 0 Å². The predicted molar refractivity (Wildman–Crippen MR) is 141 cm³/mol. The molecule has 0 aliphatic carbocycles. The predicted octanol–water partition coefficient (Wildman–Crippen LogP) is 6.87. The van der Waals surface area contributed by atoms with Crippen LogP contribution in [0.5, 0.6) is 0 Å². The molecule has 166 valence electrons. The molecule has 0 unspecified atom stereocenters. The van der Waals surface area contributed by atoms with Gasteiger partial charge in [-0.25, -0.2) is 0 Å². The van der Waals surface area contributed by atoms with Crippen LogP contribution in [0.1, 0.15) is 62.3 Å². The van der Waals surface area contributed by atoms with Gasteiger partial charge in [-0.1, -0.05) is 67.7 Å². The fourth-order valence-electron chi connectivity index (χ4n) is 0. The van der Waals surface area contributed by atoms with E-state index in [1.54, 1.807) is 0 Å². The summed E-state index contributed by atoms with van der Waals surface area (Å²) < 4.78 is 0. The standard InChI is InChI=1S/2C6H15ClSi.C4H9.C2H6Cl2Si.ClH.Mg/c2*1-6(2,3)8(4,5)7;1-4(2)3;1-5(2,3)4;;/h2*1-5H3;1-3H3;1-2H3;1H;/q;;-1;;;+2/p-1. The summed E-state index contributed by atoms with van der Waals surface area (Å²) >= 11 is 23.2. The minimum atomic E-state index is -1.67. The second kappa shape index (κ2) is 17.4. The van der Waals surface area contributed by atoms with Crippen LogP contribution >= 0.6 is 44.3 Å². The Hall–Kier alpha value is 2.87. The Bertz CT molecular complexity index is 264. The first-order chi connectivity index (χ1) is 10.2. The van der Waals surface area contributed by atoms with Crippen molar-refractivity contribution in [1.29, 1.82) is 0 Å². The molecule has 0 atom stereocenters. The van der Waals surface area contributed by atoms with Gasteiger partial charge in [0.15, 0.2) is 14.8 Å². The van der Waals surface area contributed by atoms with Crippen molar-refractivity contribution >= 4 is 88.8 Å². The molecule has 0 amide bonds. The Labute approximate surface area is 217 Å². The maximum atomic E-state index is 6.15.